The zero-order valence-corrected chi connectivity index (χ0v) is 21.2. The van der Waals surface area contributed by atoms with Crippen LogP contribution in [0, 0.1) is 0 Å². The summed E-state index contributed by atoms with van der Waals surface area (Å²) >= 11 is 7.59. The van der Waals surface area contributed by atoms with Gasteiger partial charge in [0.1, 0.15) is 5.75 Å². The number of nitrogens with zero attached hydrogens (tertiary/aromatic N) is 7. The van der Waals surface area contributed by atoms with Crippen LogP contribution in [0.2, 0.25) is 5.02 Å². The van der Waals surface area contributed by atoms with Gasteiger partial charge in [-0.05, 0) is 48.5 Å². The van der Waals surface area contributed by atoms with Gasteiger partial charge in [-0.15, -0.1) is 5.10 Å². The molecule has 36 heavy (non-hydrogen) atoms. The second kappa shape index (κ2) is 11.0. The van der Waals surface area contributed by atoms with E-state index in [2.05, 4.69) is 25.2 Å². The number of thioether (sulfide) groups is 1. The fourth-order valence-electron chi connectivity index (χ4n) is 4.01. The van der Waals surface area contributed by atoms with Gasteiger partial charge in [0, 0.05) is 55.0 Å². The Hall–Kier alpha value is -3.63. The molecule has 0 aliphatic carbocycles. The van der Waals surface area contributed by atoms with Crippen LogP contribution in [0.3, 0.4) is 0 Å². The van der Waals surface area contributed by atoms with Gasteiger partial charge in [0.2, 0.25) is 0 Å². The number of carbonyl (C=O) groups is 1. The maximum absolute atomic E-state index is 13.6. The van der Waals surface area contributed by atoms with Crippen LogP contribution >= 0.6 is 23.4 Å². The number of hydrogen-bond acceptors (Lipinski definition) is 8. The molecule has 4 aromatic rings. The molecule has 5 rings (SSSR count). The van der Waals surface area contributed by atoms with Crippen molar-refractivity contribution >= 4 is 35.0 Å². The van der Waals surface area contributed by atoms with Gasteiger partial charge in [0.25, 0.3) is 5.91 Å². The summed E-state index contributed by atoms with van der Waals surface area (Å²) in [6.07, 6.45) is 3.39. The molecule has 11 heteroatoms. The first-order chi connectivity index (χ1) is 17.6. The minimum atomic E-state index is -0.134. The number of aromatic nitrogens is 5. The molecule has 1 saturated heterocycles. The minimum absolute atomic E-state index is 0.134. The number of anilines is 1. The summed E-state index contributed by atoms with van der Waals surface area (Å²) in [4.78, 5) is 26.2. The van der Waals surface area contributed by atoms with E-state index in [1.54, 1.807) is 30.3 Å². The molecule has 2 aromatic heterocycles. The van der Waals surface area contributed by atoms with Crippen LogP contribution < -0.4 is 9.64 Å². The SMILES string of the molecule is COc1ccc(-n2nnc(C(=O)N3CCN(c4cccc(Cl)c4)CC3)c2CSc2ncccn2)cc1. The van der Waals surface area contributed by atoms with E-state index in [4.69, 9.17) is 16.3 Å². The average molecular weight is 522 g/mol. The number of benzene rings is 2. The lowest BCUT2D eigenvalue weighted by atomic mass is 10.2. The van der Waals surface area contributed by atoms with Crippen molar-refractivity contribution in [2.24, 2.45) is 0 Å². The summed E-state index contributed by atoms with van der Waals surface area (Å²) in [7, 11) is 1.62. The summed E-state index contributed by atoms with van der Waals surface area (Å²) in [5, 5.41) is 9.98. The van der Waals surface area contributed by atoms with Gasteiger partial charge >= 0.3 is 0 Å². The van der Waals surface area contributed by atoms with Gasteiger partial charge in [-0.2, -0.15) is 0 Å². The lowest BCUT2D eigenvalue weighted by molar-refractivity contribution is 0.0740. The van der Waals surface area contributed by atoms with Crippen molar-refractivity contribution in [1.82, 2.24) is 29.9 Å². The summed E-state index contributed by atoms with van der Waals surface area (Å²) in [6.45, 7) is 2.57. The van der Waals surface area contributed by atoms with Gasteiger partial charge in [-0.25, -0.2) is 14.6 Å². The van der Waals surface area contributed by atoms with Crippen LogP contribution in [0.4, 0.5) is 5.69 Å². The molecule has 1 amide bonds. The summed E-state index contributed by atoms with van der Waals surface area (Å²) < 4.78 is 6.97. The highest BCUT2D eigenvalue weighted by Crippen LogP contribution is 2.26. The maximum Gasteiger partial charge on any atom is 0.276 e. The van der Waals surface area contributed by atoms with E-state index >= 15 is 0 Å². The molecule has 1 fully saturated rings. The van der Waals surface area contributed by atoms with E-state index in [9.17, 15) is 4.79 Å². The van der Waals surface area contributed by atoms with Crippen molar-refractivity contribution in [3.8, 4) is 11.4 Å². The van der Waals surface area contributed by atoms with E-state index < -0.39 is 0 Å². The molecule has 0 radical (unpaired) electrons. The van der Waals surface area contributed by atoms with Crippen LogP contribution in [-0.4, -0.2) is 69.1 Å². The van der Waals surface area contributed by atoms with Gasteiger partial charge in [-0.3, -0.25) is 4.79 Å². The molecule has 0 atom stereocenters. The third kappa shape index (κ3) is 5.29. The van der Waals surface area contributed by atoms with E-state index in [0.29, 0.717) is 53.5 Å². The van der Waals surface area contributed by atoms with E-state index in [1.165, 1.54) is 11.8 Å². The first-order valence-corrected chi connectivity index (χ1v) is 12.8. The number of carbonyl (C=O) groups excluding carboxylic acids is 1. The lowest BCUT2D eigenvalue weighted by Crippen LogP contribution is -2.49. The number of ether oxygens (including phenoxy) is 1. The highest BCUT2D eigenvalue weighted by Gasteiger charge is 2.28. The Kier molecular flexibility index (Phi) is 7.33. The minimum Gasteiger partial charge on any atom is -0.497 e. The molecule has 0 unspecified atom stereocenters. The number of piperazine rings is 1. The highest BCUT2D eigenvalue weighted by atomic mass is 35.5. The number of halogens is 1. The van der Waals surface area contributed by atoms with Crippen LogP contribution in [-0.2, 0) is 5.75 Å². The number of rotatable bonds is 7. The molecule has 2 aromatic carbocycles. The van der Waals surface area contributed by atoms with Crippen molar-refractivity contribution < 1.29 is 9.53 Å². The van der Waals surface area contributed by atoms with E-state index in [0.717, 1.165) is 17.1 Å². The summed E-state index contributed by atoms with van der Waals surface area (Å²) in [6, 6.07) is 17.0. The van der Waals surface area contributed by atoms with Crippen molar-refractivity contribution in [2.45, 2.75) is 10.9 Å². The zero-order valence-electron chi connectivity index (χ0n) is 19.6. The first kappa shape index (κ1) is 24.1. The van der Waals surface area contributed by atoms with Crippen LogP contribution in [0.1, 0.15) is 16.2 Å². The van der Waals surface area contributed by atoms with Crippen molar-refractivity contribution in [1.29, 1.82) is 0 Å². The Morgan fingerprint density at radius 1 is 1.00 bits per heavy atom. The Morgan fingerprint density at radius 2 is 1.75 bits per heavy atom. The van der Waals surface area contributed by atoms with Crippen molar-refractivity contribution in [3.63, 3.8) is 0 Å². The molecule has 0 spiro atoms. The summed E-state index contributed by atoms with van der Waals surface area (Å²) in [5.41, 5.74) is 2.88. The number of hydrogen-bond donors (Lipinski definition) is 0. The monoisotopic (exact) mass is 521 g/mol. The van der Waals surface area contributed by atoms with Gasteiger partial charge in [0.15, 0.2) is 10.9 Å². The standard InChI is InChI=1S/C25H24ClN7O2S/c1-35-21-8-6-19(7-9-21)33-22(17-36-25-27-10-3-11-28-25)23(29-30-33)24(34)32-14-12-31(13-15-32)20-5-2-4-18(26)16-20/h2-11,16H,12-15,17H2,1H3. The van der Waals surface area contributed by atoms with Crippen LogP contribution in [0.15, 0.2) is 72.1 Å². The van der Waals surface area contributed by atoms with E-state index in [1.807, 2.05) is 53.4 Å². The van der Waals surface area contributed by atoms with Crippen molar-refractivity contribution in [3.05, 3.63) is 83.4 Å². The topological polar surface area (TPSA) is 89.3 Å². The summed E-state index contributed by atoms with van der Waals surface area (Å²) in [5.74, 6) is 1.04. The molecular formula is C25H24ClN7O2S. The molecule has 0 bridgehead atoms. The fourth-order valence-corrected chi connectivity index (χ4v) is 4.99. The Morgan fingerprint density at radius 3 is 2.44 bits per heavy atom. The Bertz CT molecular complexity index is 1330. The largest absolute Gasteiger partial charge is 0.497 e. The smallest absolute Gasteiger partial charge is 0.276 e. The quantitative estimate of drug-likeness (QED) is 0.266. The first-order valence-electron chi connectivity index (χ1n) is 11.4. The molecule has 9 nitrogen and oxygen atoms in total. The second-order valence-electron chi connectivity index (χ2n) is 8.07. The molecule has 0 N–H and O–H groups in total. The molecule has 184 valence electrons. The van der Waals surface area contributed by atoms with Crippen molar-refractivity contribution in [2.75, 3.05) is 38.2 Å². The Labute approximate surface area is 218 Å². The predicted molar refractivity (Wildman–Crippen MR) is 139 cm³/mol. The molecule has 1 aliphatic heterocycles. The zero-order chi connectivity index (χ0) is 24.9. The third-order valence-electron chi connectivity index (χ3n) is 5.90. The van der Waals surface area contributed by atoms with Crippen LogP contribution in [0.25, 0.3) is 5.69 Å². The number of methoxy groups -OCH3 is 1. The normalized spacial score (nSPS) is 13.6. The van der Waals surface area contributed by atoms with Crippen LogP contribution in [0.5, 0.6) is 5.75 Å². The van der Waals surface area contributed by atoms with Gasteiger partial charge in [-0.1, -0.05) is 34.6 Å². The molecular weight excluding hydrogens is 498 g/mol. The predicted octanol–water partition coefficient (Wildman–Crippen LogP) is 3.97. The maximum atomic E-state index is 13.6. The fraction of sp³-hybridized carbons (Fsp3) is 0.240. The van der Waals surface area contributed by atoms with Gasteiger partial charge in [0.05, 0.1) is 18.5 Å². The average Bonchev–Trinajstić information content (AvgIpc) is 3.36. The molecule has 1 aliphatic rings. The molecule has 3 heterocycles. The van der Waals surface area contributed by atoms with E-state index in [-0.39, 0.29) is 5.91 Å². The lowest BCUT2D eigenvalue weighted by Gasteiger charge is -2.36. The highest BCUT2D eigenvalue weighted by molar-refractivity contribution is 7.98. The van der Waals surface area contributed by atoms with Gasteiger partial charge < -0.3 is 14.5 Å². The number of amides is 1. The second-order valence-corrected chi connectivity index (χ2v) is 9.45. The third-order valence-corrected chi connectivity index (χ3v) is 7.02. The molecule has 0 saturated carbocycles. The Balaban J connectivity index is 1.37.